The van der Waals surface area contributed by atoms with E-state index in [1.54, 1.807) is 13.8 Å². The van der Waals surface area contributed by atoms with Gasteiger partial charge in [-0.3, -0.25) is 4.79 Å². The van der Waals surface area contributed by atoms with Crippen LogP contribution in [0.2, 0.25) is 0 Å². The first-order valence-electron chi connectivity index (χ1n) is 2.48. The fourth-order valence-corrected chi connectivity index (χ4v) is 0. The van der Waals surface area contributed by atoms with Gasteiger partial charge in [0.1, 0.15) is 0 Å². The summed E-state index contributed by atoms with van der Waals surface area (Å²) in [6.45, 7) is 3.42. The van der Waals surface area contributed by atoms with E-state index in [2.05, 4.69) is 0 Å². The van der Waals surface area contributed by atoms with E-state index in [1.165, 1.54) is 0 Å². The Bertz CT molecular complexity index is 67.1. The average Bonchev–Trinajstić information content (AvgIpc) is 1.67. The third-order valence-electron chi connectivity index (χ3n) is 0.500. The number of rotatable bonds is 1. The van der Waals surface area contributed by atoms with Crippen LogP contribution >= 0.6 is 0 Å². The smallest absolute Gasteiger partial charge is 0.290 e. The predicted molar refractivity (Wildman–Crippen MR) is 34.0 cm³/mol. The number of hydrogen-bond acceptors (Lipinski definition) is 3. The van der Waals surface area contributed by atoms with Crippen molar-refractivity contribution in [3.8, 4) is 0 Å². The summed E-state index contributed by atoms with van der Waals surface area (Å²) in [5.74, 6) is 0. The molecule has 0 aromatic heterocycles. The third-order valence-corrected chi connectivity index (χ3v) is 0.500. The molecule has 9 heavy (non-hydrogen) atoms. The van der Waals surface area contributed by atoms with E-state index in [-0.39, 0.29) is 6.47 Å². The van der Waals surface area contributed by atoms with Gasteiger partial charge in [-0.25, -0.2) is 0 Å². The fourth-order valence-electron chi connectivity index (χ4n) is 0. The van der Waals surface area contributed by atoms with E-state index in [4.69, 9.17) is 20.7 Å². The molecule has 0 fully saturated rings. The Kier molecular flexibility index (Phi) is 6.89. The lowest BCUT2D eigenvalue weighted by Crippen LogP contribution is -2.29. The molecule has 0 unspecified atom stereocenters. The Morgan fingerprint density at radius 1 is 1.67 bits per heavy atom. The molecule has 0 saturated carbocycles. The zero-order valence-corrected chi connectivity index (χ0v) is 5.66. The van der Waals surface area contributed by atoms with Crippen molar-refractivity contribution in [2.75, 3.05) is 6.54 Å². The Morgan fingerprint density at radius 2 is 1.78 bits per heavy atom. The molecular formula is C5H13NO3. The quantitative estimate of drug-likeness (QED) is 0.420. The Hall–Kier alpha value is -0.610. The maximum atomic E-state index is 8.70. The molecular weight excluding hydrogens is 122 g/mol. The van der Waals surface area contributed by atoms with Gasteiger partial charge in [0.25, 0.3) is 6.47 Å². The predicted octanol–water partition coefficient (Wildman–Crippen LogP) is -0.583. The molecule has 0 aromatic carbocycles. The van der Waals surface area contributed by atoms with Gasteiger partial charge in [-0.05, 0) is 13.8 Å². The summed E-state index contributed by atoms with van der Waals surface area (Å²) in [6, 6.07) is 0. The molecule has 0 bridgehead atoms. The minimum absolute atomic E-state index is 0.250. The highest BCUT2D eigenvalue weighted by atomic mass is 16.3. The second-order valence-electron chi connectivity index (χ2n) is 2.12. The highest BCUT2D eigenvalue weighted by Crippen LogP contribution is 1.93. The summed E-state index contributed by atoms with van der Waals surface area (Å²) in [7, 11) is 0. The number of carboxylic acid groups (broad SMARTS) is 1. The Balaban J connectivity index is 0. The lowest BCUT2D eigenvalue weighted by molar-refractivity contribution is -0.122. The van der Waals surface area contributed by atoms with Crippen molar-refractivity contribution >= 4 is 6.47 Å². The normalized spacial score (nSPS) is 9.33. The Labute approximate surface area is 54.3 Å². The first kappa shape index (κ1) is 11.2. The van der Waals surface area contributed by atoms with Crippen molar-refractivity contribution in [3.05, 3.63) is 0 Å². The van der Waals surface area contributed by atoms with Crippen molar-refractivity contribution in [2.24, 2.45) is 5.73 Å². The standard InChI is InChI=1S/C4H11NO.CH2O2/c1-4(2,6)3-5;2-1-3/h6H,3,5H2,1-2H3;1H,(H,2,3). The highest BCUT2D eigenvalue weighted by Gasteiger charge is 2.06. The largest absolute Gasteiger partial charge is 0.483 e. The SMILES string of the molecule is CC(C)(O)CN.O=CO. The molecule has 4 nitrogen and oxygen atoms in total. The van der Waals surface area contributed by atoms with Crippen molar-refractivity contribution in [3.63, 3.8) is 0 Å². The van der Waals surface area contributed by atoms with Gasteiger partial charge in [0.2, 0.25) is 0 Å². The van der Waals surface area contributed by atoms with Crippen molar-refractivity contribution in [1.82, 2.24) is 0 Å². The van der Waals surface area contributed by atoms with Gasteiger partial charge in [-0.15, -0.1) is 0 Å². The molecule has 0 spiro atoms. The summed E-state index contributed by atoms with van der Waals surface area (Å²) in [6.07, 6.45) is 0. The second-order valence-corrected chi connectivity index (χ2v) is 2.12. The first-order chi connectivity index (χ1) is 3.97. The average molecular weight is 135 g/mol. The van der Waals surface area contributed by atoms with Crippen LogP contribution in [0.3, 0.4) is 0 Å². The van der Waals surface area contributed by atoms with Crippen molar-refractivity contribution in [1.29, 1.82) is 0 Å². The van der Waals surface area contributed by atoms with E-state index in [0.29, 0.717) is 6.54 Å². The Morgan fingerprint density at radius 3 is 1.78 bits per heavy atom. The summed E-state index contributed by atoms with van der Waals surface area (Å²) in [5.41, 5.74) is 4.38. The molecule has 4 N–H and O–H groups in total. The zero-order valence-electron chi connectivity index (χ0n) is 5.66. The first-order valence-corrected chi connectivity index (χ1v) is 2.48. The van der Waals surface area contributed by atoms with Gasteiger partial charge in [0.05, 0.1) is 5.60 Å². The highest BCUT2D eigenvalue weighted by molar-refractivity contribution is 5.32. The molecule has 0 aromatic rings. The molecule has 0 radical (unpaired) electrons. The number of carbonyl (C=O) groups is 1. The molecule has 0 heterocycles. The van der Waals surface area contributed by atoms with Crippen molar-refractivity contribution < 1.29 is 15.0 Å². The molecule has 0 aliphatic heterocycles. The van der Waals surface area contributed by atoms with Gasteiger partial charge >= 0.3 is 0 Å². The molecule has 0 rings (SSSR count). The lowest BCUT2D eigenvalue weighted by Gasteiger charge is -2.11. The maximum Gasteiger partial charge on any atom is 0.290 e. The summed E-state index contributed by atoms with van der Waals surface area (Å²) >= 11 is 0. The van der Waals surface area contributed by atoms with Crippen LogP contribution in [-0.2, 0) is 4.79 Å². The summed E-state index contributed by atoms with van der Waals surface area (Å²) in [4.78, 5) is 8.36. The number of hydrogen-bond donors (Lipinski definition) is 3. The van der Waals surface area contributed by atoms with Gasteiger partial charge < -0.3 is 15.9 Å². The van der Waals surface area contributed by atoms with Crippen LogP contribution in [0.4, 0.5) is 0 Å². The summed E-state index contributed by atoms with van der Waals surface area (Å²) < 4.78 is 0. The second kappa shape index (κ2) is 5.53. The lowest BCUT2D eigenvalue weighted by atomic mass is 10.1. The topological polar surface area (TPSA) is 83.5 Å². The zero-order chi connectivity index (χ0) is 7.91. The molecule has 56 valence electrons. The molecule has 0 atom stereocenters. The van der Waals surface area contributed by atoms with Crippen LogP contribution in [0.1, 0.15) is 13.8 Å². The number of nitrogens with two attached hydrogens (primary N) is 1. The van der Waals surface area contributed by atoms with E-state index in [0.717, 1.165) is 0 Å². The maximum absolute atomic E-state index is 8.70. The van der Waals surface area contributed by atoms with Gasteiger partial charge in [-0.1, -0.05) is 0 Å². The molecule has 0 aliphatic carbocycles. The summed E-state index contributed by atoms with van der Waals surface area (Å²) in [5, 5.41) is 15.6. The number of aliphatic hydroxyl groups is 1. The van der Waals surface area contributed by atoms with Crippen LogP contribution < -0.4 is 5.73 Å². The molecule has 0 saturated heterocycles. The minimum atomic E-state index is -0.681. The van der Waals surface area contributed by atoms with Gasteiger partial charge in [-0.2, -0.15) is 0 Å². The monoisotopic (exact) mass is 135 g/mol. The van der Waals surface area contributed by atoms with Crippen LogP contribution in [-0.4, -0.2) is 28.8 Å². The van der Waals surface area contributed by atoms with E-state index in [9.17, 15) is 0 Å². The third kappa shape index (κ3) is 37.6. The van der Waals surface area contributed by atoms with E-state index >= 15 is 0 Å². The molecule has 0 amide bonds. The van der Waals surface area contributed by atoms with Gasteiger partial charge in [0, 0.05) is 6.54 Å². The van der Waals surface area contributed by atoms with E-state index in [1.807, 2.05) is 0 Å². The van der Waals surface area contributed by atoms with Crippen LogP contribution in [0.25, 0.3) is 0 Å². The van der Waals surface area contributed by atoms with Gasteiger partial charge in [0.15, 0.2) is 0 Å². The minimum Gasteiger partial charge on any atom is -0.483 e. The van der Waals surface area contributed by atoms with Crippen LogP contribution in [0.5, 0.6) is 0 Å². The van der Waals surface area contributed by atoms with E-state index < -0.39 is 5.60 Å². The van der Waals surface area contributed by atoms with Crippen LogP contribution in [0.15, 0.2) is 0 Å². The van der Waals surface area contributed by atoms with Crippen molar-refractivity contribution in [2.45, 2.75) is 19.4 Å². The van der Waals surface area contributed by atoms with Crippen LogP contribution in [0, 0.1) is 0 Å². The molecule has 4 heteroatoms. The fraction of sp³-hybridized carbons (Fsp3) is 0.800. The molecule has 0 aliphatic rings.